The van der Waals surface area contributed by atoms with E-state index in [1.807, 2.05) is 0 Å². The van der Waals surface area contributed by atoms with Gasteiger partial charge >= 0.3 is 6.18 Å². The lowest BCUT2D eigenvalue weighted by Gasteiger charge is -2.06. The zero-order valence-corrected chi connectivity index (χ0v) is 11.0. The molecule has 0 aliphatic rings. The topological polar surface area (TPSA) is 12.4 Å². The minimum Gasteiger partial charge on any atom is -0.232 e. The van der Waals surface area contributed by atoms with Gasteiger partial charge in [0.25, 0.3) is 0 Å². The molecule has 0 aliphatic carbocycles. The van der Waals surface area contributed by atoms with E-state index in [0.717, 1.165) is 0 Å². The Morgan fingerprint density at radius 3 is 2.44 bits per heavy atom. The Morgan fingerprint density at radius 2 is 1.94 bits per heavy atom. The molecule has 0 saturated heterocycles. The first-order valence-corrected chi connectivity index (χ1v) is 5.53. The largest absolute Gasteiger partial charge is 0.444 e. The van der Waals surface area contributed by atoms with Gasteiger partial charge in [-0.2, -0.15) is 13.2 Å². The number of halogens is 6. The van der Waals surface area contributed by atoms with E-state index in [9.17, 15) is 13.2 Å². The van der Waals surface area contributed by atoms with Gasteiger partial charge in [0.2, 0.25) is 5.17 Å². The minimum absolute atomic E-state index is 0.0931. The van der Waals surface area contributed by atoms with E-state index < -0.39 is 11.3 Å². The first-order chi connectivity index (χ1) is 7.21. The van der Waals surface area contributed by atoms with Crippen LogP contribution in [0.3, 0.4) is 0 Å². The fraction of sp³-hybridized carbons (Fsp3) is 0.222. The summed E-state index contributed by atoms with van der Waals surface area (Å²) in [5, 5.41) is -1.15. The highest BCUT2D eigenvalue weighted by atomic mass is 79.9. The van der Waals surface area contributed by atoms with Crippen molar-refractivity contribution in [3.63, 3.8) is 0 Å². The fourth-order valence-electron chi connectivity index (χ4n) is 0.925. The number of benzene rings is 1. The summed E-state index contributed by atoms with van der Waals surface area (Å²) in [6.07, 6.45) is -4.65. The summed E-state index contributed by atoms with van der Waals surface area (Å²) in [6, 6.07) is 2.89. The molecule has 1 nitrogen and oxygen atoms in total. The van der Waals surface area contributed by atoms with Crippen molar-refractivity contribution in [3.05, 3.63) is 27.2 Å². The van der Waals surface area contributed by atoms with Crippen LogP contribution in [0.2, 0.25) is 5.02 Å². The van der Waals surface area contributed by atoms with E-state index in [2.05, 4.69) is 20.9 Å². The summed E-state index contributed by atoms with van der Waals surface area (Å²) in [5.41, 5.74) is 0.634. The van der Waals surface area contributed by atoms with Crippen molar-refractivity contribution in [3.8, 4) is 0 Å². The molecule has 88 valence electrons. The standard InChI is InChI=1S/C9H5BrCl2F3N/c1-4-2-5(10)6(11)3-7(4)16-8(12)9(13,14)15/h2-3H,1H3. The van der Waals surface area contributed by atoms with Crippen LogP contribution in [0.5, 0.6) is 0 Å². The van der Waals surface area contributed by atoms with Crippen LogP contribution >= 0.6 is 39.1 Å². The predicted octanol–water partition coefficient (Wildman–Crippen LogP) is 5.24. The maximum Gasteiger partial charge on any atom is 0.444 e. The second-order valence-electron chi connectivity index (χ2n) is 2.95. The summed E-state index contributed by atoms with van der Waals surface area (Å²) in [4.78, 5) is 3.28. The van der Waals surface area contributed by atoms with Crippen LogP contribution in [0.1, 0.15) is 5.56 Å². The van der Waals surface area contributed by atoms with Gasteiger partial charge in [0, 0.05) is 4.47 Å². The third kappa shape index (κ3) is 3.37. The van der Waals surface area contributed by atoms with Crippen molar-refractivity contribution in [2.24, 2.45) is 4.99 Å². The van der Waals surface area contributed by atoms with E-state index in [1.54, 1.807) is 13.0 Å². The predicted molar refractivity (Wildman–Crippen MR) is 62.9 cm³/mol. The average Bonchev–Trinajstić information content (AvgIpc) is 2.12. The molecule has 0 unspecified atom stereocenters. The molecule has 0 bridgehead atoms. The summed E-state index contributed by atoms with van der Waals surface area (Å²) in [5.74, 6) is 0. The number of aliphatic imine (C=N–C) groups is 1. The molecule has 0 saturated carbocycles. The van der Waals surface area contributed by atoms with E-state index >= 15 is 0 Å². The summed E-state index contributed by atoms with van der Waals surface area (Å²) in [7, 11) is 0. The monoisotopic (exact) mass is 333 g/mol. The van der Waals surface area contributed by atoms with Crippen LogP contribution in [-0.2, 0) is 0 Å². The third-order valence-electron chi connectivity index (χ3n) is 1.69. The Bertz CT molecular complexity index is 443. The van der Waals surface area contributed by atoms with Crippen molar-refractivity contribution in [1.82, 2.24) is 0 Å². The van der Waals surface area contributed by atoms with Crippen molar-refractivity contribution in [2.45, 2.75) is 13.1 Å². The quantitative estimate of drug-likeness (QED) is 0.622. The number of aryl methyl sites for hydroxylation is 1. The van der Waals surface area contributed by atoms with Gasteiger partial charge < -0.3 is 0 Å². The number of rotatable bonds is 1. The molecule has 1 aromatic carbocycles. The van der Waals surface area contributed by atoms with Gasteiger partial charge in [0.05, 0.1) is 10.7 Å². The molecule has 0 heterocycles. The second kappa shape index (κ2) is 4.94. The highest BCUT2D eigenvalue weighted by Crippen LogP contribution is 2.32. The molecule has 0 aromatic heterocycles. The van der Waals surface area contributed by atoms with Gasteiger partial charge in [-0.25, -0.2) is 4.99 Å². The minimum atomic E-state index is -4.65. The highest BCUT2D eigenvalue weighted by molar-refractivity contribution is 9.10. The molecule has 0 amide bonds. The van der Waals surface area contributed by atoms with Gasteiger partial charge in [0.1, 0.15) is 0 Å². The van der Waals surface area contributed by atoms with Crippen molar-refractivity contribution in [1.29, 1.82) is 0 Å². The second-order valence-corrected chi connectivity index (χ2v) is 4.57. The molecule has 0 aliphatic heterocycles. The number of nitrogens with zero attached hydrogens (tertiary/aromatic N) is 1. The molecule has 1 aromatic rings. The molecule has 16 heavy (non-hydrogen) atoms. The van der Waals surface area contributed by atoms with Gasteiger partial charge in [-0.05, 0) is 40.5 Å². The van der Waals surface area contributed by atoms with Crippen LogP contribution < -0.4 is 0 Å². The third-order valence-corrected chi connectivity index (χ3v) is 3.19. The molecular weight excluding hydrogens is 330 g/mol. The molecule has 0 radical (unpaired) electrons. The lowest BCUT2D eigenvalue weighted by Crippen LogP contribution is -2.16. The van der Waals surface area contributed by atoms with Gasteiger partial charge in [-0.15, -0.1) is 0 Å². The Labute approximate surface area is 108 Å². The first kappa shape index (κ1) is 13.8. The van der Waals surface area contributed by atoms with Crippen molar-refractivity contribution < 1.29 is 13.2 Å². The highest BCUT2D eigenvalue weighted by Gasteiger charge is 2.34. The first-order valence-electron chi connectivity index (χ1n) is 3.99. The maximum atomic E-state index is 12.1. The van der Waals surface area contributed by atoms with Crippen LogP contribution in [0, 0.1) is 6.92 Å². The molecular formula is C9H5BrCl2F3N. The SMILES string of the molecule is Cc1cc(Br)c(Cl)cc1N=C(Cl)C(F)(F)F. The van der Waals surface area contributed by atoms with Crippen LogP contribution in [-0.4, -0.2) is 11.3 Å². The lowest BCUT2D eigenvalue weighted by molar-refractivity contribution is -0.0558. The summed E-state index contributed by atoms with van der Waals surface area (Å²) in [6.45, 7) is 1.61. The number of hydrogen-bond donors (Lipinski definition) is 0. The average molecular weight is 335 g/mol. The van der Waals surface area contributed by atoms with Crippen LogP contribution in [0.25, 0.3) is 0 Å². The van der Waals surface area contributed by atoms with E-state index in [4.69, 9.17) is 23.2 Å². The molecule has 0 N–H and O–H groups in total. The van der Waals surface area contributed by atoms with Crippen molar-refractivity contribution in [2.75, 3.05) is 0 Å². The van der Waals surface area contributed by atoms with E-state index in [1.165, 1.54) is 6.07 Å². The zero-order valence-electron chi connectivity index (χ0n) is 7.87. The Kier molecular flexibility index (Phi) is 4.26. The zero-order chi connectivity index (χ0) is 12.5. The Balaban J connectivity index is 3.21. The molecule has 1 rings (SSSR count). The molecule has 0 atom stereocenters. The summed E-state index contributed by atoms with van der Waals surface area (Å²) < 4.78 is 37.0. The molecule has 0 spiro atoms. The lowest BCUT2D eigenvalue weighted by atomic mass is 10.2. The smallest absolute Gasteiger partial charge is 0.232 e. The Hall–Kier alpha value is -0.260. The number of hydrogen-bond acceptors (Lipinski definition) is 1. The van der Waals surface area contributed by atoms with E-state index in [-0.39, 0.29) is 10.7 Å². The van der Waals surface area contributed by atoms with Gasteiger partial charge in [-0.3, -0.25) is 0 Å². The van der Waals surface area contributed by atoms with Gasteiger partial charge in [-0.1, -0.05) is 23.2 Å². The molecule has 7 heteroatoms. The fourth-order valence-corrected chi connectivity index (χ4v) is 1.63. The van der Waals surface area contributed by atoms with E-state index in [0.29, 0.717) is 10.0 Å². The molecule has 0 fully saturated rings. The summed E-state index contributed by atoms with van der Waals surface area (Å²) >= 11 is 13.9. The van der Waals surface area contributed by atoms with Crippen LogP contribution in [0.4, 0.5) is 18.9 Å². The Morgan fingerprint density at radius 1 is 1.38 bits per heavy atom. The van der Waals surface area contributed by atoms with Crippen molar-refractivity contribution >= 4 is 50.0 Å². The normalized spacial score (nSPS) is 13.1. The number of alkyl halides is 3. The van der Waals surface area contributed by atoms with Gasteiger partial charge in [0.15, 0.2) is 0 Å². The van der Waals surface area contributed by atoms with Crippen LogP contribution in [0.15, 0.2) is 21.6 Å². The maximum absolute atomic E-state index is 12.1.